The Morgan fingerprint density at radius 3 is 2.32 bits per heavy atom. The molecule has 3 amide bonds. The van der Waals surface area contributed by atoms with Crippen LogP contribution in [0.5, 0.6) is 5.75 Å². The number of nitrogens with one attached hydrogen (secondary N) is 2. The molecule has 5 heteroatoms. The monoisotopic (exact) mass is 262 g/mol. The minimum absolute atomic E-state index is 0.339. The molecule has 0 aliphatic carbocycles. The molecule has 1 heterocycles. The Hall–Kier alpha value is -2.04. The maximum absolute atomic E-state index is 11.8. The molecule has 1 saturated heterocycles. The number of hydrogen-bond acceptors (Lipinski definition) is 3. The molecule has 1 aromatic rings. The predicted octanol–water partition coefficient (Wildman–Crippen LogP) is 1.78. The summed E-state index contributed by atoms with van der Waals surface area (Å²) in [5, 5.41) is 4.87. The van der Waals surface area contributed by atoms with E-state index in [4.69, 9.17) is 4.74 Å². The van der Waals surface area contributed by atoms with Gasteiger partial charge in [0.25, 0.3) is 5.91 Å². The van der Waals surface area contributed by atoms with E-state index in [1.54, 1.807) is 31.2 Å². The maximum atomic E-state index is 11.8. The van der Waals surface area contributed by atoms with E-state index in [0.717, 1.165) is 11.3 Å². The largest absolute Gasteiger partial charge is 0.493 e. The van der Waals surface area contributed by atoms with E-state index in [1.807, 2.05) is 0 Å². The van der Waals surface area contributed by atoms with Crippen LogP contribution in [0.3, 0.4) is 0 Å². The van der Waals surface area contributed by atoms with E-state index in [9.17, 15) is 9.59 Å². The van der Waals surface area contributed by atoms with Crippen LogP contribution in [0.4, 0.5) is 4.79 Å². The van der Waals surface area contributed by atoms with Crippen LogP contribution in [-0.2, 0) is 10.3 Å². The summed E-state index contributed by atoms with van der Waals surface area (Å²) in [6.45, 7) is 6.48. The van der Waals surface area contributed by atoms with Crippen LogP contribution in [0.25, 0.3) is 0 Å². The van der Waals surface area contributed by atoms with Crippen LogP contribution in [-0.4, -0.2) is 18.5 Å². The number of rotatable bonds is 4. The van der Waals surface area contributed by atoms with E-state index in [2.05, 4.69) is 24.5 Å². The fraction of sp³-hybridized carbons (Fsp3) is 0.429. The van der Waals surface area contributed by atoms with E-state index in [0.29, 0.717) is 12.5 Å². The molecule has 1 aliphatic heterocycles. The van der Waals surface area contributed by atoms with Gasteiger partial charge in [0, 0.05) is 0 Å². The Kier molecular flexibility index (Phi) is 3.46. The van der Waals surface area contributed by atoms with Crippen molar-refractivity contribution in [3.05, 3.63) is 29.8 Å². The standard InChI is InChI=1S/C14H18N2O3/c1-9(2)8-19-11-6-4-10(5-7-11)14(3)12(17)15-13(18)16-14/h4-7,9H,8H2,1-3H3,(H2,15,16,17,18). The van der Waals surface area contributed by atoms with Crippen LogP contribution >= 0.6 is 0 Å². The first-order chi connectivity index (χ1) is 8.91. The number of urea groups is 1. The molecule has 1 unspecified atom stereocenters. The molecule has 0 saturated carbocycles. The Balaban J connectivity index is 2.14. The molecule has 2 rings (SSSR count). The lowest BCUT2D eigenvalue weighted by atomic mass is 9.92. The fourth-order valence-electron chi connectivity index (χ4n) is 1.89. The first-order valence-electron chi connectivity index (χ1n) is 6.29. The molecule has 1 aliphatic rings. The number of amides is 3. The number of benzene rings is 1. The number of carbonyl (C=O) groups excluding carboxylic acids is 2. The lowest BCUT2D eigenvalue weighted by Gasteiger charge is -2.21. The highest BCUT2D eigenvalue weighted by Crippen LogP contribution is 2.26. The van der Waals surface area contributed by atoms with Crippen molar-refractivity contribution in [1.82, 2.24) is 10.6 Å². The second-order valence-corrected chi connectivity index (χ2v) is 5.26. The third-order valence-corrected chi connectivity index (χ3v) is 3.06. The minimum atomic E-state index is -1.01. The van der Waals surface area contributed by atoms with Gasteiger partial charge >= 0.3 is 6.03 Å². The van der Waals surface area contributed by atoms with Crippen molar-refractivity contribution in [3.8, 4) is 5.75 Å². The van der Waals surface area contributed by atoms with Gasteiger partial charge in [-0.25, -0.2) is 4.79 Å². The SMILES string of the molecule is CC(C)COc1ccc(C2(C)NC(=O)NC2=O)cc1. The summed E-state index contributed by atoms with van der Waals surface area (Å²) < 4.78 is 5.58. The van der Waals surface area contributed by atoms with Gasteiger partial charge in [0.05, 0.1) is 6.61 Å². The van der Waals surface area contributed by atoms with Crippen LogP contribution < -0.4 is 15.4 Å². The van der Waals surface area contributed by atoms with Crippen molar-refractivity contribution >= 4 is 11.9 Å². The van der Waals surface area contributed by atoms with Crippen molar-refractivity contribution in [2.45, 2.75) is 26.3 Å². The molecule has 1 fully saturated rings. The highest BCUT2D eigenvalue weighted by molar-refractivity contribution is 6.07. The van der Waals surface area contributed by atoms with Gasteiger partial charge in [-0.3, -0.25) is 10.1 Å². The van der Waals surface area contributed by atoms with Crippen molar-refractivity contribution in [2.75, 3.05) is 6.61 Å². The topological polar surface area (TPSA) is 67.4 Å². The Morgan fingerprint density at radius 2 is 1.84 bits per heavy atom. The van der Waals surface area contributed by atoms with Gasteiger partial charge in [0.1, 0.15) is 11.3 Å². The van der Waals surface area contributed by atoms with Gasteiger partial charge in [-0.2, -0.15) is 0 Å². The molecule has 1 aromatic carbocycles. The number of ether oxygens (including phenoxy) is 1. The summed E-state index contributed by atoms with van der Waals surface area (Å²) in [5.74, 6) is 0.872. The van der Waals surface area contributed by atoms with Gasteiger partial charge in [0.15, 0.2) is 0 Å². The van der Waals surface area contributed by atoms with E-state index in [1.165, 1.54) is 0 Å². The summed E-state index contributed by atoms with van der Waals surface area (Å²) >= 11 is 0. The maximum Gasteiger partial charge on any atom is 0.322 e. The Bertz CT molecular complexity index is 496. The van der Waals surface area contributed by atoms with Crippen LogP contribution in [0.1, 0.15) is 26.3 Å². The first-order valence-corrected chi connectivity index (χ1v) is 6.29. The minimum Gasteiger partial charge on any atom is -0.493 e. The zero-order valence-electron chi connectivity index (χ0n) is 11.3. The van der Waals surface area contributed by atoms with Crippen LogP contribution in [0.2, 0.25) is 0 Å². The normalized spacial score (nSPS) is 22.3. The second kappa shape index (κ2) is 4.91. The summed E-state index contributed by atoms with van der Waals surface area (Å²) in [4.78, 5) is 23.0. The summed E-state index contributed by atoms with van der Waals surface area (Å²) in [6.07, 6.45) is 0. The number of imide groups is 1. The molecular weight excluding hydrogens is 244 g/mol. The molecule has 0 radical (unpaired) electrons. The lowest BCUT2D eigenvalue weighted by Crippen LogP contribution is -2.40. The predicted molar refractivity (Wildman–Crippen MR) is 70.8 cm³/mol. The third kappa shape index (κ3) is 2.70. The summed E-state index contributed by atoms with van der Waals surface area (Å²) in [6, 6.07) is 6.73. The average Bonchev–Trinajstić information content (AvgIpc) is 2.62. The van der Waals surface area contributed by atoms with Gasteiger partial charge < -0.3 is 10.1 Å². The van der Waals surface area contributed by atoms with Crippen molar-refractivity contribution in [2.24, 2.45) is 5.92 Å². The third-order valence-electron chi connectivity index (χ3n) is 3.06. The zero-order valence-corrected chi connectivity index (χ0v) is 11.3. The van der Waals surface area contributed by atoms with Gasteiger partial charge in [-0.15, -0.1) is 0 Å². The number of carbonyl (C=O) groups is 2. The average molecular weight is 262 g/mol. The Morgan fingerprint density at radius 1 is 1.21 bits per heavy atom. The lowest BCUT2D eigenvalue weighted by molar-refractivity contribution is -0.123. The van der Waals surface area contributed by atoms with Crippen molar-refractivity contribution < 1.29 is 14.3 Å². The highest BCUT2D eigenvalue weighted by atomic mass is 16.5. The molecule has 0 spiro atoms. The molecule has 0 bridgehead atoms. The molecule has 1 atom stereocenters. The van der Waals surface area contributed by atoms with Crippen LogP contribution in [0.15, 0.2) is 24.3 Å². The van der Waals surface area contributed by atoms with Crippen molar-refractivity contribution in [1.29, 1.82) is 0 Å². The molecule has 5 nitrogen and oxygen atoms in total. The quantitative estimate of drug-likeness (QED) is 0.813. The smallest absolute Gasteiger partial charge is 0.322 e. The molecular formula is C14H18N2O3. The van der Waals surface area contributed by atoms with E-state index in [-0.39, 0.29) is 5.91 Å². The van der Waals surface area contributed by atoms with Crippen LogP contribution in [0, 0.1) is 5.92 Å². The molecule has 19 heavy (non-hydrogen) atoms. The summed E-state index contributed by atoms with van der Waals surface area (Å²) in [7, 11) is 0. The number of hydrogen-bond donors (Lipinski definition) is 2. The zero-order chi connectivity index (χ0) is 14.0. The first kappa shape index (κ1) is 13.4. The highest BCUT2D eigenvalue weighted by Gasteiger charge is 2.43. The molecule has 0 aromatic heterocycles. The fourth-order valence-corrected chi connectivity index (χ4v) is 1.89. The van der Waals surface area contributed by atoms with E-state index < -0.39 is 11.6 Å². The van der Waals surface area contributed by atoms with Gasteiger partial charge in [-0.05, 0) is 30.5 Å². The van der Waals surface area contributed by atoms with E-state index >= 15 is 0 Å². The second-order valence-electron chi connectivity index (χ2n) is 5.26. The summed E-state index contributed by atoms with van der Waals surface area (Å²) in [5.41, 5.74) is -0.277. The van der Waals surface area contributed by atoms with Gasteiger partial charge in [-0.1, -0.05) is 26.0 Å². The molecule has 2 N–H and O–H groups in total. The molecule has 102 valence electrons. The van der Waals surface area contributed by atoms with Crippen molar-refractivity contribution in [3.63, 3.8) is 0 Å². The van der Waals surface area contributed by atoms with Gasteiger partial charge in [0.2, 0.25) is 0 Å². The Labute approximate surface area is 112 Å².